The average Bonchev–Trinajstić information content (AvgIpc) is 3.71. The van der Waals surface area contributed by atoms with E-state index in [-0.39, 0.29) is 17.9 Å². The van der Waals surface area contributed by atoms with Crippen molar-refractivity contribution in [1.29, 1.82) is 0 Å². The average molecular weight is 784 g/mol. The van der Waals surface area contributed by atoms with Crippen LogP contribution in [0.25, 0.3) is 21.9 Å². The molecular formula is C39H39BrN6O5S. The van der Waals surface area contributed by atoms with Crippen molar-refractivity contribution < 1.29 is 23.8 Å². The minimum absolute atomic E-state index is 0.172. The smallest absolute Gasteiger partial charge is 0.413 e. The van der Waals surface area contributed by atoms with Gasteiger partial charge in [0.2, 0.25) is 5.95 Å². The first-order valence-corrected chi connectivity index (χ1v) is 18.5. The first-order chi connectivity index (χ1) is 25.2. The number of carbonyl (C=O) groups excluding carboxylic acids is 2. The number of imidazole rings is 1. The van der Waals surface area contributed by atoms with Crippen molar-refractivity contribution in [3.63, 3.8) is 0 Å². The second-order valence-corrected chi connectivity index (χ2v) is 15.1. The van der Waals surface area contributed by atoms with Crippen LogP contribution < -0.4 is 5.32 Å². The summed E-state index contributed by atoms with van der Waals surface area (Å²) >= 11 is 5.02. The second kappa shape index (κ2) is 15.1. The number of nitrogens with zero attached hydrogens (tertiary/aromatic N) is 4. The SMILES string of the molecule is COC(=O)Nc1nc2ccc(Sc3ccccc3)cc2[nH]1.COC12CC(COC(=O)c3cncc(Br)c3)CN(C)C1Cc1cn(C)c3cccc2c13. The molecule has 6 aromatic rings. The van der Waals surface area contributed by atoms with Crippen LogP contribution in [0.3, 0.4) is 0 Å². The fourth-order valence-corrected chi connectivity index (χ4v) is 8.75. The molecule has 268 valence electrons. The summed E-state index contributed by atoms with van der Waals surface area (Å²) in [4.78, 5) is 39.7. The number of piperidine rings is 1. The lowest BCUT2D eigenvalue weighted by atomic mass is 9.69. The highest BCUT2D eigenvalue weighted by Gasteiger charge is 2.52. The minimum Gasteiger partial charge on any atom is -0.462 e. The van der Waals surface area contributed by atoms with Crippen LogP contribution in [0.4, 0.5) is 10.7 Å². The van der Waals surface area contributed by atoms with E-state index in [1.807, 2.05) is 43.5 Å². The van der Waals surface area contributed by atoms with Crippen LogP contribution in [0.15, 0.2) is 106 Å². The monoisotopic (exact) mass is 782 g/mol. The predicted molar refractivity (Wildman–Crippen MR) is 205 cm³/mol. The third-order valence-electron chi connectivity index (χ3n) is 9.76. The highest BCUT2D eigenvalue weighted by Crippen LogP contribution is 2.49. The van der Waals surface area contributed by atoms with Crippen molar-refractivity contribution in [1.82, 2.24) is 24.4 Å². The summed E-state index contributed by atoms with van der Waals surface area (Å²) in [5.74, 6) is 0.200. The number of anilines is 1. The van der Waals surface area contributed by atoms with E-state index in [9.17, 15) is 9.59 Å². The van der Waals surface area contributed by atoms with Crippen LogP contribution in [-0.2, 0) is 33.3 Å². The van der Waals surface area contributed by atoms with Gasteiger partial charge in [0.05, 0.1) is 30.3 Å². The standard InChI is InChI=1S/C24H26BrN3O3.C15H13N3O2S/c1-27-13-17-8-21-24(30-3,19-5-4-6-20(27)22(17)19)9-15(12-28(21)2)14-31-23(29)16-7-18(25)11-26-10-16;1-20-15(19)18-14-16-12-8-7-11(9-13(12)17-14)21-10-5-3-2-4-6-10/h4-7,10-11,13,15,21H,8-9,12,14H2,1-3H3;2-9H,1H3,(H2,16,17,18,19). The van der Waals surface area contributed by atoms with Gasteiger partial charge in [-0.3, -0.25) is 15.2 Å². The van der Waals surface area contributed by atoms with Gasteiger partial charge in [0, 0.05) is 76.4 Å². The van der Waals surface area contributed by atoms with Crippen molar-refractivity contribution in [3.05, 3.63) is 113 Å². The van der Waals surface area contributed by atoms with Gasteiger partial charge in [0.1, 0.15) is 5.60 Å². The van der Waals surface area contributed by atoms with Gasteiger partial charge in [-0.05, 0) is 89.4 Å². The van der Waals surface area contributed by atoms with E-state index in [1.54, 1.807) is 24.0 Å². The zero-order valence-corrected chi connectivity index (χ0v) is 31.7. The molecule has 2 aliphatic rings. The Hall–Kier alpha value is -4.69. The van der Waals surface area contributed by atoms with Crippen LogP contribution >= 0.6 is 27.7 Å². The third kappa shape index (κ3) is 7.18. The molecule has 3 aromatic heterocycles. The molecule has 1 amide bonds. The van der Waals surface area contributed by atoms with Crippen LogP contribution in [0.2, 0.25) is 0 Å². The molecule has 2 N–H and O–H groups in total. The van der Waals surface area contributed by atoms with Crippen molar-refractivity contribution in [2.75, 3.05) is 39.7 Å². The number of esters is 1. The molecule has 3 unspecified atom stereocenters. The summed E-state index contributed by atoms with van der Waals surface area (Å²) < 4.78 is 19.5. The second-order valence-electron chi connectivity index (χ2n) is 13.1. The summed E-state index contributed by atoms with van der Waals surface area (Å²) in [6.07, 6.45) is 6.65. The lowest BCUT2D eigenvalue weighted by Crippen LogP contribution is -2.59. The van der Waals surface area contributed by atoms with E-state index in [1.165, 1.54) is 40.2 Å². The number of H-pyrrole nitrogens is 1. The predicted octanol–water partition coefficient (Wildman–Crippen LogP) is 7.80. The van der Waals surface area contributed by atoms with Crippen molar-refractivity contribution in [2.24, 2.45) is 13.0 Å². The number of aromatic nitrogens is 4. The summed E-state index contributed by atoms with van der Waals surface area (Å²) in [5.41, 5.74) is 5.55. The van der Waals surface area contributed by atoms with Gasteiger partial charge >= 0.3 is 12.1 Å². The number of likely N-dealkylation sites (N-methyl/N-ethyl adjacent to an activating group) is 1. The Balaban J connectivity index is 0.000000175. The Morgan fingerprint density at radius 1 is 1.04 bits per heavy atom. The first-order valence-electron chi connectivity index (χ1n) is 16.9. The van der Waals surface area contributed by atoms with Gasteiger partial charge < -0.3 is 23.8 Å². The molecule has 0 spiro atoms. The third-order valence-corrected chi connectivity index (χ3v) is 11.2. The Labute approximate surface area is 314 Å². The lowest BCUT2D eigenvalue weighted by molar-refractivity contribution is -0.131. The highest BCUT2D eigenvalue weighted by atomic mass is 79.9. The zero-order valence-electron chi connectivity index (χ0n) is 29.3. The van der Waals surface area contributed by atoms with E-state index in [0.717, 1.165) is 39.8 Å². The van der Waals surface area contributed by atoms with E-state index in [2.05, 4.69) is 101 Å². The number of fused-ring (bicyclic) bond motifs is 3. The number of amides is 1. The maximum Gasteiger partial charge on any atom is 0.413 e. The van der Waals surface area contributed by atoms with Crippen molar-refractivity contribution in [2.45, 2.75) is 34.3 Å². The minimum atomic E-state index is -0.548. The number of hydrogen-bond acceptors (Lipinski definition) is 9. The summed E-state index contributed by atoms with van der Waals surface area (Å²) in [5, 5.41) is 3.83. The number of methoxy groups -OCH3 is 2. The van der Waals surface area contributed by atoms with Gasteiger partial charge in [-0.1, -0.05) is 42.1 Å². The number of pyridine rings is 1. The number of benzene rings is 3. The van der Waals surface area contributed by atoms with Crippen molar-refractivity contribution >= 4 is 67.6 Å². The van der Waals surface area contributed by atoms with E-state index >= 15 is 0 Å². The van der Waals surface area contributed by atoms with Crippen LogP contribution in [0, 0.1) is 5.92 Å². The Morgan fingerprint density at radius 3 is 2.63 bits per heavy atom. The molecule has 0 bridgehead atoms. The molecule has 1 aliphatic carbocycles. The number of likely N-dealkylation sites (tertiary alicyclic amines) is 1. The molecule has 0 saturated carbocycles. The number of nitrogens with one attached hydrogen (secondary N) is 2. The molecule has 8 rings (SSSR count). The molecule has 1 fully saturated rings. The Kier molecular flexibility index (Phi) is 10.4. The maximum atomic E-state index is 12.5. The molecule has 1 aliphatic heterocycles. The van der Waals surface area contributed by atoms with Crippen molar-refractivity contribution in [3.8, 4) is 0 Å². The molecule has 11 nitrogen and oxygen atoms in total. The Morgan fingerprint density at radius 2 is 1.87 bits per heavy atom. The number of rotatable bonds is 7. The van der Waals surface area contributed by atoms with Gasteiger partial charge in [0.25, 0.3) is 0 Å². The number of carbonyl (C=O) groups is 2. The summed E-state index contributed by atoms with van der Waals surface area (Å²) in [6.45, 7) is 1.21. The van der Waals surface area contributed by atoms with Gasteiger partial charge in [-0.2, -0.15) is 0 Å². The fraction of sp³-hybridized carbons (Fsp3) is 0.282. The molecule has 1 saturated heterocycles. The van der Waals surface area contributed by atoms with E-state index in [4.69, 9.17) is 9.47 Å². The molecule has 52 heavy (non-hydrogen) atoms. The number of hydrogen-bond donors (Lipinski definition) is 2. The number of aromatic amines is 1. The van der Waals surface area contributed by atoms with Crippen LogP contribution in [0.1, 0.15) is 27.9 Å². The molecule has 0 radical (unpaired) electrons. The van der Waals surface area contributed by atoms with Crippen LogP contribution in [0.5, 0.6) is 0 Å². The number of halogens is 1. The molecular weight excluding hydrogens is 744 g/mol. The topological polar surface area (TPSA) is 124 Å². The molecule has 4 heterocycles. The molecule has 3 aromatic carbocycles. The van der Waals surface area contributed by atoms with Gasteiger partial charge in [-0.25, -0.2) is 14.6 Å². The molecule has 13 heteroatoms. The first kappa shape index (κ1) is 35.7. The maximum absolute atomic E-state index is 12.5. The van der Waals surface area contributed by atoms with E-state index < -0.39 is 11.7 Å². The van der Waals surface area contributed by atoms with Crippen LogP contribution in [-0.4, -0.2) is 76.9 Å². The van der Waals surface area contributed by atoms with Gasteiger partial charge in [0.15, 0.2) is 0 Å². The quantitative estimate of drug-likeness (QED) is 0.156. The zero-order chi connectivity index (χ0) is 36.4. The fourth-order valence-electron chi connectivity index (χ4n) is 7.51. The normalized spacial score (nSPS) is 19.4. The lowest BCUT2D eigenvalue weighted by Gasteiger charge is -2.53. The summed E-state index contributed by atoms with van der Waals surface area (Å²) in [6, 6.07) is 24.5. The highest BCUT2D eigenvalue weighted by molar-refractivity contribution is 9.10. The van der Waals surface area contributed by atoms with E-state index in [0.29, 0.717) is 18.1 Å². The number of aryl methyl sites for hydroxylation is 1. The largest absolute Gasteiger partial charge is 0.462 e. The number of ether oxygens (including phenoxy) is 3. The van der Waals surface area contributed by atoms with Gasteiger partial charge in [-0.15, -0.1) is 0 Å². The molecule has 3 atom stereocenters. The summed E-state index contributed by atoms with van der Waals surface area (Å²) in [7, 11) is 7.38. The Bertz CT molecular complexity index is 2240.